The van der Waals surface area contributed by atoms with E-state index in [2.05, 4.69) is 24.3 Å². The molecular formula is C49H27N5O3. The zero-order valence-corrected chi connectivity index (χ0v) is 30.0. The molecule has 0 atom stereocenters. The lowest BCUT2D eigenvalue weighted by Gasteiger charge is -2.09. The van der Waals surface area contributed by atoms with Gasteiger partial charge in [-0.25, -0.2) is 24.9 Å². The van der Waals surface area contributed by atoms with Crippen molar-refractivity contribution in [3.63, 3.8) is 0 Å². The number of rotatable bonds is 5. The summed E-state index contributed by atoms with van der Waals surface area (Å²) in [4.78, 5) is 25.4. The first-order valence-electron chi connectivity index (χ1n) is 18.7. The van der Waals surface area contributed by atoms with Gasteiger partial charge in [-0.1, -0.05) is 121 Å². The minimum absolute atomic E-state index is 0.517. The average Bonchev–Trinajstić information content (AvgIpc) is 3.97. The topological polar surface area (TPSA) is 104 Å². The molecule has 0 radical (unpaired) electrons. The molecule has 5 heterocycles. The molecular weight excluding hydrogens is 707 g/mol. The summed E-state index contributed by atoms with van der Waals surface area (Å²) in [6, 6.07) is 54.2. The lowest BCUT2D eigenvalue weighted by Crippen LogP contribution is -2.00. The van der Waals surface area contributed by atoms with Gasteiger partial charge < -0.3 is 13.3 Å². The highest BCUT2D eigenvalue weighted by Gasteiger charge is 2.22. The van der Waals surface area contributed by atoms with Gasteiger partial charge in [0, 0.05) is 49.2 Å². The highest BCUT2D eigenvalue weighted by molar-refractivity contribution is 6.14. The van der Waals surface area contributed by atoms with Crippen LogP contribution >= 0.6 is 0 Å². The van der Waals surface area contributed by atoms with Gasteiger partial charge in [-0.15, -0.1) is 0 Å². The van der Waals surface area contributed by atoms with Gasteiger partial charge >= 0.3 is 0 Å². The summed E-state index contributed by atoms with van der Waals surface area (Å²) in [7, 11) is 0. The van der Waals surface area contributed by atoms with E-state index in [0.29, 0.717) is 45.7 Å². The molecule has 0 spiro atoms. The fourth-order valence-corrected chi connectivity index (χ4v) is 7.92. The maximum atomic E-state index is 6.62. The van der Waals surface area contributed by atoms with E-state index in [4.69, 9.17) is 38.2 Å². The number of furan rings is 3. The Hall–Kier alpha value is -7.97. The van der Waals surface area contributed by atoms with Gasteiger partial charge in [-0.05, 0) is 42.5 Å². The Morgan fingerprint density at radius 1 is 0.316 bits per heavy atom. The largest absolute Gasteiger partial charge is 0.456 e. The van der Waals surface area contributed by atoms with Crippen LogP contribution in [-0.2, 0) is 0 Å². The van der Waals surface area contributed by atoms with Gasteiger partial charge in [-0.2, -0.15) is 0 Å². The van der Waals surface area contributed by atoms with Crippen LogP contribution in [0, 0.1) is 0 Å². The summed E-state index contributed by atoms with van der Waals surface area (Å²) in [5.74, 6) is 2.22. The minimum Gasteiger partial charge on any atom is -0.456 e. The molecule has 8 nitrogen and oxygen atoms in total. The lowest BCUT2D eigenvalue weighted by molar-refractivity contribution is 0.666. The SMILES string of the molecule is c1ccc(-c2nc(-c3cccc4c3oc3ccccc34)nc(-c3cccc4oc5cc(-c6nc(-c7ccccc7)nc7c6oc6ccccc67)ccc5c34)n2)cc1. The number of hydrogen-bond acceptors (Lipinski definition) is 8. The van der Waals surface area contributed by atoms with Crippen LogP contribution in [0.25, 0.3) is 123 Å². The molecule has 0 aliphatic heterocycles. The van der Waals surface area contributed by atoms with E-state index >= 15 is 0 Å². The normalized spacial score (nSPS) is 11.9. The highest BCUT2D eigenvalue weighted by Crippen LogP contribution is 2.41. The highest BCUT2D eigenvalue weighted by atomic mass is 16.3. The van der Waals surface area contributed by atoms with Crippen molar-refractivity contribution >= 4 is 65.9 Å². The van der Waals surface area contributed by atoms with Crippen molar-refractivity contribution in [1.29, 1.82) is 0 Å². The third-order valence-corrected chi connectivity index (χ3v) is 10.6. The van der Waals surface area contributed by atoms with Crippen LogP contribution in [0.2, 0.25) is 0 Å². The van der Waals surface area contributed by atoms with Gasteiger partial charge in [0.25, 0.3) is 0 Å². The smallest absolute Gasteiger partial charge is 0.180 e. The fourth-order valence-electron chi connectivity index (χ4n) is 7.92. The minimum atomic E-state index is 0.517. The molecule has 0 N–H and O–H groups in total. The van der Waals surface area contributed by atoms with Gasteiger partial charge in [0.2, 0.25) is 0 Å². The second-order valence-corrected chi connectivity index (χ2v) is 14.0. The molecule has 8 heteroatoms. The molecule has 0 amide bonds. The van der Waals surface area contributed by atoms with Crippen LogP contribution in [0.3, 0.4) is 0 Å². The van der Waals surface area contributed by atoms with Crippen molar-refractivity contribution in [3.8, 4) is 56.8 Å². The molecule has 12 aromatic rings. The fraction of sp³-hybridized carbons (Fsp3) is 0. The van der Waals surface area contributed by atoms with Crippen molar-refractivity contribution in [2.24, 2.45) is 0 Å². The van der Waals surface area contributed by atoms with Crippen LogP contribution in [0.15, 0.2) is 177 Å². The van der Waals surface area contributed by atoms with E-state index < -0.39 is 0 Å². The third-order valence-electron chi connectivity index (χ3n) is 10.6. The van der Waals surface area contributed by atoms with Crippen LogP contribution in [0.4, 0.5) is 0 Å². The average molecular weight is 734 g/mol. The van der Waals surface area contributed by atoms with Crippen molar-refractivity contribution < 1.29 is 13.3 Å². The summed E-state index contributed by atoms with van der Waals surface area (Å²) in [5.41, 5.74) is 10.0. The third kappa shape index (κ3) is 4.97. The van der Waals surface area contributed by atoms with E-state index in [9.17, 15) is 0 Å². The summed E-state index contributed by atoms with van der Waals surface area (Å²) in [5, 5.41) is 4.81. The maximum Gasteiger partial charge on any atom is 0.180 e. The standard InChI is InChI=1S/C49H27N5O3/c1-3-13-28(14-4-1)46-50-42(45-43(51-46)34-18-8-10-23-38(34)57-45)30-25-26-33-40(27-30)55-39-24-12-20-35(41(33)39)48-52-47(29-15-5-2-6-16-29)53-49(54-48)36-21-11-19-32-31-17-7-9-22-37(31)56-44(32)36/h1-27H. The second kappa shape index (κ2) is 12.3. The maximum absolute atomic E-state index is 6.62. The molecule has 0 saturated carbocycles. The van der Waals surface area contributed by atoms with Gasteiger partial charge in [0.1, 0.15) is 39.1 Å². The Balaban J connectivity index is 1.06. The molecule has 0 saturated heterocycles. The van der Waals surface area contributed by atoms with E-state index in [1.165, 1.54) is 0 Å². The van der Waals surface area contributed by atoms with Crippen molar-refractivity contribution in [2.75, 3.05) is 0 Å². The summed E-state index contributed by atoms with van der Waals surface area (Å²) >= 11 is 0. The summed E-state index contributed by atoms with van der Waals surface area (Å²) < 4.78 is 19.5. The van der Waals surface area contributed by atoms with Crippen molar-refractivity contribution in [1.82, 2.24) is 24.9 Å². The molecule has 0 aliphatic carbocycles. The Labute approximate surface area is 323 Å². The second-order valence-electron chi connectivity index (χ2n) is 14.0. The number of fused-ring (bicyclic) bond motifs is 9. The lowest BCUT2D eigenvalue weighted by atomic mass is 10.0. The Bertz CT molecular complexity index is 3530. The van der Waals surface area contributed by atoms with Gasteiger partial charge in [-0.3, -0.25) is 0 Å². The van der Waals surface area contributed by atoms with E-state index in [1.807, 2.05) is 140 Å². The number of aromatic nitrogens is 5. The van der Waals surface area contributed by atoms with Gasteiger partial charge in [0.05, 0.1) is 5.56 Å². The molecule has 12 rings (SSSR count). The Kier molecular flexibility index (Phi) is 6.76. The molecule has 0 bridgehead atoms. The quantitative estimate of drug-likeness (QED) is 0.172. The molecule has 57 heavy (non-hydrogen) atoms. The summed E-state index contributed by atoms with van der Waals surface area (Å²) in [6.45, 7) is 0. The zero-order valence-electron chi connectivity index (χ0n) is 30.0. The monoisotopic (exact) mass is 733 g/mol. The van der Waals surface area contributed by atoms with Crippen molar-refractivity contribution in [3.05, 3.63) is 164 Å². The molecule has 0 fully saturated rings. The predicted molar refractivity (Wildman–Crippen MR) is 224 cm³/mol. The van der Waals surface area contributed by atoms with Gasteiger partial charge in [0.15, 0.2) is 28.9 Å². The summed E-state index contributed by atoms with van der Waals surface area (Å²) in [6.07, 6.45) is 0. The zero-order chi connectivity index (χ0) is 37.5. The molecule has 266 valence electrons. The number of para-hydroxylation sites is 3. The van der Waals surface area contributed by atoms with E-state index in [1.54, 1.807) is 0 Å². The number of hydrogen-bond donors (Lipinski definition) is 0. The number of benzene rings is 7. The first-order chi connectivity index (χ1) is 28.2. The number of nitrogens with zero attached hydrogens (tertiary/aromatic N) is 5. The van der Waals surface area contributed by atoms with Crippen LogP contribution in [0.1, 0.15) is 0 Å². The first-order valence-corrected chi connectivity index (χ1v) is 18.7. The molecule has 7 aromatic carbocycles. The van der Waals surface area contributed by atoms with E-state index in [-0.39, 0.29) is 0 Å². The predicted octanol–water partition coefficient (Wildman–Crippen LogP) is 12.7. The molecule has 0 unspecified atom stereocenters. The van der Waals surface area contributed by atoms with Crippen LogP contribution < -0.4 is 0 Å². The van der Waals surface area contributed by atoms with Crippen LogP contribution in [-0.4, -0.2) is 24.9 Å². The molecule has 0 aliphatic rings. The van der Waals surface area contributed by atoms with Crippen LogP contribution in [0.5, 0.6) is 0 Å². The van der Waals surface area contributed by atoms with Crippen molar-refractivity contribution in [2.45, 2.75) is 0 Å². The molecule has 5 aromatic heterocycles. The first kappa shape index (κ1) is 31.4. The Morgan fingerprint density at radius 2 is 0.895 bits per heavy atom. The Morgan fingerprint density at radius 3 is 1.68 bits per heavy atom. The van der Waals surface area contributed by atoms with E-state index in [0.717, 1.165) is 77.0 Å².